The highest BCUT2D eigenvalue weighted by molar-refractivity contribution is 5.40. The minimum Gasteiger partial charge on any atom is -0.351 e. The van der Waals surface area contributed by atoms with E-state index < -0.39 is 0 Å². The molecule has 0 bridgehead atoms. The van der Waals surface area contributed by atoms with E-state index in [9.17, 15) is 0 Å². The van der Waals surface area contributed by atoms with Crippen molar-refractivity contribution in [1.82, 2.24) is 15.3 Å². The molecular weight excluding hydrogens is 200 g/mol. The van der Waals surface area contributed by atoms with Gasteiger partial charge < -0.3 is 10.2 Å². The summed E-state index contributed by atoms with van der Waals surface area (Å²) in [6, 6.07) is 2.64. The van der Waals surface area contributed by atoms with Crippen LogP contribution in [0.15, 0.2) is 12.4 Å². The van der Waals surface area contributed by atoms with Crippen LogP contribution in [0.5, 0.6) is 0 Å². The van der Waals surface area contributed by atoms with Crippen molar-refractivity contribution < 1.29 is 0 Å². The number of anilines is 1. The standard InChI is InChI=1S/C12H20N4/c1-3-4-11-7-12(15-9-14-11)16-6-5-13-8-10(16)2/h7,9-10,13H,3-6,8H2,1-2H3/t10-/m0/s1. The number of aromatic nitrogens is 2. The van der Waals surface area contributed by atoms with Gasteiger partial charge in [0, 0.05) is 37.4 Å². The molecule has 0 aromatic carbocycles. The molecule has 1 aliphatic rings. The zero-order valence-electron chi connectivity index (χ0n) is 10.1. The summed E-state index contributed by atoms with van der Waals surface area (Å²) in [4.78, 5) is 11.0. The topological polar surface area (TPSA) is 41.0 Å². The molecule has 0 radical (unpaired) electrons. The molecule has 0 spiro atoms. The summed E-state index contributed by atoms with van der Waals surface area (Å²) in [7, 11) is 0. The van der Waals surface area contributed by atoms with Gasteiger partial charge in [-0.05, 0) is 13.3 Å². The quantitative estimate of drug-likeness (QED) is 0.832. The highest BCUT2D eigenvalue weighted by atomic mass is 15.3. The first-order chi connectivity index (χ1) is 7.81. The molecular formula is C12H20N4. The van der Waals surface area contributed by atoms with Crippen molar-refractivity contribution in [1.29, 1.82) is 0 Å². The van der Waals surface area contributed by atoms with E-state index in [2.05, 4.69) is 40.1 Å². The predicted molar refractivity (Wildman–Crippen MR) is 65.7 cm³/mol. The average Bonchev–Trinajstić information content (AvgIpc) is 2.30. The Bertz CT molecular complexity index is 340. The number of nitrogens with zero attached hydrogens (tertiary/aromatic N) is 3. The monoisotopic (exact) mass is 220 g/mol. The predicted octanol–water partition coefficient (Wildman–Crippen LogP) is 1.23. The molecule has 1 N–H and O–H groups in total. The van der Waals surface area contributed by atoms with Crippen molar-refractivity contribution >= 4 is 5.82 Å². The Balaban J connectivity index is 2.15. The molecule has 0 saturated carbocycles. The van der Waals surface area contributed by atoms with Gasteiger partial charge in [0.15, 0.2) is 0 Å². The maximum absolute atomic E-state index is 4.38. The van der Waals surface area contributed by atoms with Crippen LogP contribution in [0, 0.1) is 0 Å². The molecule has 1 saturated heterocycles. The highest BCUT2D eigenvalue weighted by Gasteiger charge is 2.19. The summed E-state index contributed by atoms with van der Waals surface area (Å²) < 4.78 is 0. The average molecular weight is 220 g/mol. The lowest BCUT2D eigenvalue weighted by molar-refractivity contribution is 0.496. The number of hydrogen-bond donors (Lipinski definition) is 1. The molecule has 1 atom stereocenters. The maximum atomic E-state index is 4.38. The first-order valence-corrected chi connectivity index (χ1v) is 6.09. The molecule has 4 nitrogen and oxygen atoms in total. The first kappa shape index (κ1) is 11.3. The molecule has 0 amide bonds. The van der Waals surface area contributed by atoms with E-state index in [1.165, 1.54) is 0 Å². The molecule has 16 heavy (non-hydrogen) atoms. The number of aryl methyl sites for hydroxylation is 1. The van der Waals surface area contributed by atoms with Crippen LogP contribution in [-0.2, 0) is 6.42 Å². The van der Waals surface area contributed by atoms with E-state index in [0.29, 0.717) is 6.04 Å². The molecule has 2 heterocycles. The lowest BCUT2D eigenvalue weighted by Gasteiger charge is -2.34. The van der Waals surface area contributed by atoms with Crippen LogP contribution in [0.3, 0.4) is 0 Å². The second-order valence-corrected chi connectivity index (χ2v) is 4.36. The number of hydrogen-bond acceptors (Lipinski definition) is 4. The van der Waals surface area contributed by atoms with Crippen molar-refractivity contribution in [3.05, 3.63) is 18.1 Å². The Hall–Kier alpha value is -1.16. The fraction of sp³-hybridized carbons (Fsp3) is 0.667. The van der Waals surface area contributed by atoms with E-state index in [4.69, 9.17) is 0 Å². The van der Waals surface area contributed by atoms with Crippen molar-refractivity contribution in [2.75, 3.05) is 24.5 Å². The molecule has 1 aliphatic heterocycles. The van der Waals surface area contributed by atoms with Gasteiger partial charge in [-0.2, -0.15) is 0 Å². The SMILES string of the molecule is CCCc1cc(N2CCNC[C@@H]2C)ncn1. The third-order valence-corrected chi connectivity index (χ3v) is 3.01. The Morgan fingerprint density at radius 2 is 2.38 bits per heavy atom. The van der Waals surface area contributed by atoms with Gasteiger partial charge in [0.2, 0.25) is 0 Å². The summed E-state index contributed by atoms with van der Waals surface area (Å²) in [5, 5.41) is 3.39. The number of piperazine rings is 1. The van der Waals surface area contributed by atoms with Gasteiger partial charge in [-0.3, -0.25) is 0 Å². The lowest BCUT2D eigenvalue weighted by Crippen LogP contribution is -2.50. The number of rotatable bonds is 3. The summed E-state index contributed by atoms with van der Waals surface area (Å²) >= 11 is 0. The molecule has 0 unspecified atom stereocenters. The summed E-state index contributed by atoms with van der Waals surface area (Å²) in [5.41, 5.74) is 1.15. The zero-order chi connectivity index (χ0) is 11.4. The summed E-state index contributed by atoms with van der Waals surface area (Å²) in [6.45, 7) is 7.51. The van der Waals surface area contributed by atoms with Gasteiger partial charge >= 0.3 is 0 Å². The minimum atomic E-state index is 0.512. The highest BCUT2D eigenvalue weighted by Crippen LogP contribution is 2.16. The normalized spacial score (nSPS) is 21.1. The van der Waals surface area contributed by atoms with Crippen LogP contribution in [-0.4, -0.2) is 35.6 Å². The second kappa shape index (κ2) is 5.25. The minimum absolute atomic E-state index is 0.512. The van der Waals surface area contributed by atoms with E-state index in [1.807, 2.05) is 0 Å². The molecule has 88 valence electrons. The molecule has 1 aromatic heterocycles. The lowest BCUT2D eigenvalue weighted by atomic mass is 10.2. The van der Waals surface area contributed by atoms with Gasteiger partial charge in [-0.15, -0.1) is 0 Å². The Kier molecular flexibility index (Phi) is 3.72. The first-order valence-electron chi connectivity index (χ1n) is 6.09. The van der Waals surface area contributed by atoms with Crippen molar-refractivity contribution in [2.45, 2.75) is 32.7 Å². The van der Waals surface area contributed by atoms with Gasteiger partial charge in [-0.1, -0.05) is 13.3 Å². The van der Waals surface area contributed by atoms with Gasteiger partial charge in [0.1, 0.15) is 12.1 Å². The smallest absolute Gasteiger partial charge is 0.132 e. The van der Waals surface area contributed by atoms with Crippen LogP contribution in [0.4, 0.5) is 5.82 Å². The largest absolute Gasteiger partial charge is 0.351 e. The van der Waals surface area contributed by atoms with Gasteiger partial charge in [0.05, 0.1) is 0 Å². The fourth-order valence-electron chi connectivity index (χ4n) is 2.12. The molecule has 4 heteroatoms. The molecule has 1 aromatic rings. The maximum Gasteiger partial charge on any atom is 0.132 e. The fourth-order valence-corrected chi connectivity index (χ4v) is 2.12. The van der Waals surface area contributed by atoms with Gasteiger partial charge in [-0.25, -0.2) is 9.97 Å². The molecule has 1 fully saturated rings. The van der Waals surface area contributed by atoms with Crippen LogP contribution in [0.2, 0.25) is 0 Å². The van der Waals surface area contributed by atoms with Crippen LogP contribution in [0.25, 0.3) is 0 Å². The van der Waals surface area contributed by atoms with Crippen molar-refractivity contribution in [3.8, 4) is 0 Å². The van der Waals surface area contributed by atoms with Gasteiger partial charge in [0.25, 0.3) is 0 Å². The Morgan fingerprint density at radius 1 is 1.50 bits per heavy atom. The Morgan fingerprint density at radius 3 is 3.12 bits per heavy atom. The van der Waals surface area contributed by atoms with Crippen LogP contribution >= 0.6 is 0 Å². The van der Waals surface area contributed by atoms with Crippen LogP contribution < -0.4 is 10.2 Å². The molecule has 2 rings (SSSR count). The zero-order valence-corrected chi connectivity index (χ0v) is 10.1. The Labute approximate surface area is 97.1 Å². The third kappa shape index (κ3) is 2.50. The second-order valence-electron chi connectivity index (χ2n) is 4.36. The third-order valence-electron chi connectivity index (χ3n) is 3.01. The van der Waals surface area contributed by atoms with E-state index in [-0.39, 0.29) is 0 Å². The van der Waals surface area contributed by atoms with Crippen molar-refractivity contribution in [2.24, 2.45) is 0 Å². The van der Waals surface area contributed by atoms with E-state index >= 15 is 0 Å². The van der Waals surface area contributed by atoms with Crippen molar-refractivity contribution in [3.63, 3.8) is 0 Å². The van der Waals surface area contributed by atoms with E-state index in [0.717, 1.165) is 44.0 Å². The van der Waals surface area contributed by atoms with E-state index in [1.54, 1.807) is 6.33 Å². The summed E-state index contributed by atoms with van der Waals surface area (Å²) in [6.07, 6.45) is 3.86. The summed E-state index contributed by atoms with van der Waals surface area (Å²) in [5.74, 6) is 1.08. The van der Waals surface area contributed by atoms with Crippen LogP contribution in [0.1, 0.15) is 26.0 Å². The molecule has 0 aliphatic carbocycles. The number of nitrogens with one attached hydrogen (secondary N) is 1.